The van der Waals surface area contributed by atoms with E-state index < -0.39 is 0 Å². The van der Waals surface area contributed by atoms with Crippen molar-refractivity contribution in [3.05, 3.63) is 0 Å². The molecule has 0 radical (unpaired) electrons. The Labute approximate surface area is 121 Å². The Kier molecular flexibility index (Phi) is 6.22. The smallest absolute Gasteiger partial charge is 0.239 e. The standard InChI is InChI=1S/C14H27N3O3/c1-11(2)13(17-4-7-19-8-5-17)9-16-14(18)12-10-20-6-3-15-12/h11-13,15H,3-10H2,1-2H3,(H,16,18). The van der Waals surface area contributed by atoms with E-state index in [0.717, 1.165) is 32.8 Å². The van der Waals surface area contributed by atoms with Crippen LogP contribution in [0.1, 0.15) is 13.8 Å². The molecule has 2 rings (SSSR count). The minimum absolute atomic E-state index is 0.0450. The second-order valence-electron chi connectivity index (χ2n) is 5.79. The average Bonchev–Trinajstić information content (AvgIpc) is 2.49. The van der Waals surface area contributed by atoms with Gasteiger partial charge in [0.1, 0.15) is 6.04 Å². The number of morpholine rings is 2. The van der Waals surface area contributed by atoms with Gasteiger partial charge in [0.2, 0.25) is 5.91 Å². The highest BCUT2D eigenvalue weighted by Gasteiger charge is 2.26. The van der Waals surface area contributed by atoms with Gasteiger partial charge < -0.3 is 20.1 Å². The highest BCUT2D eigenvalue weighted by Crippen LogP contribution is 2.12. The SMILES string of the molecule is CC(C)C(CNC(=O)C1COCCN1)N1CCOCC1. The van der Waals surface area contributed by atoms with Crippen LogP contribution in [-0.2, 0) is 14.3 Å². The molecule has 6 nitrogen and oxygen atoms in total. The maximum Gasteiger partial charge on any atom is 0.239 e. The molecular formula is C14H27N3O3. The largest absolute Gasteiger partial charge is 0.379 e. The summed E-state index contributed by atoms with van der Waals surface area (Å²) in [6, 6.07) is 0.161. The van der Waals surface area contributed by atoms with Crippen LogP contribution in [0.3, 0.4) is 0 Å². The molecule has 20 heavy (non-hydrogen) atoms. The van der Waals surface area contributed by atoms with E-state index in [4.69, 9.17) is 9.47 Å². The molecule has 0 aromatic carbocycles. The fraction of sp³-hybridized carbons (Fsp3) is 0.929. The first-order valence-corrected chi connectivity index (χ1v) is 7.59. The topological polar surface area (TPSA) is 62.8 Å². The third-order valence-electron chi connectivity index (χ3n) is 4.01. The number of hydrogen-bond acceptors (Lipinski definition) is 5. The molecule has 1 amide bonds. The highest BCUT2D eigenvalue weighted by atomic mass is 16.5. The highest BCUT2D eigenvalue weighted by molar-refractivity contribution is 5.82. The monoisotopic (exact) mass is 285 g/mol. The molecular weight excluding hydrogens is 258 g/mol. The van der Waals surface area contributed by atoms with Gasteiger partial charge in [-0.05, 0) is 5.92 Å². The van der Waals surface area contributed by atoms with Gasteiger partial charge in [-0.3, -0.25) is 9.69 Å². The van der Waals surface area contributed by atoms with Crippen molar-refractivity contribution in [3.63, 3.8) is 0 Å². The Morgan fingerprint density at radius 2 is 2.05 bits per heavy atom. The van der Waals surface area contributed by atoms with Crippen molar-refractivity contribution in [2.45, 2.75) is 25.9 Å². The number of hydrogen-bond donors (Lipinski definition) is 2. The first-order chi connectivity index (χ1) is 9.68. The van der Waals surface area contributed by atoms with Crippen molar-refractivity contribution in [2.24, 2.45) is 5.92 Å². The van der Waals surface area contributed by atoms with Crippen LogP contribution >= 0.6 is 0 Å². The van der Waals surface area contributed by atoms with Crippen LogP contribution in [0.25, 0.3) is 0 Å². The maximum absolute atomic E-state index is 12.1. The third kappa shape index (κ3) is 4.41. The van der Waals surface area contributed by atoms with Crippen LogP contribution in [0.2, 0.25) is 0 Å². The summed E-state index contributed by atoms with van der Waals surface area (Å²) in [6.45, 7) is 10.5. The summed E-state index contributed by atoms with van der Waals surface area (Å²) in [5.41, 5.74) is 0. The van der Waals surface area contributed by atoms with Crippen LogP contribution in [0.5, 0.6) is 0 Å². The summed E-state index contributed by atoms with van der Waals surface area (Å²) in [6.07, 6.45) is 0. The molecule has 2 heterocycles. The molecule has 2 fully saturated rings. The Hall–Kier alpha value is -0.690. The Balaban J connectivity index is 1.80. The second-order valence-corrected chi connectivity index (χ2v) is 5.79. The normalized spacial score (nSPS) is 26.4. The van der Waals surface area contributed by atoms with Crippen molar-refractivity contribution in [1.82, 2.24) is 15.5 Å². The number of ether oxygens (including phenoxy) is 2. The molecule has 2 aliphatic rings. The van der Waals surface area contributed by atoms with Crippen LogP contribution in [0, 0.1) is 5.92 Å². The van der Waals surface area contributed by atoms with E-state index in [1.165, 1.54) is 0 Å². The van der Waals surface area contributed by atoms with E-state index in [2.05, 4.69) is 29.4 Å². The van der Waals surface area contributed by atoms with Gasteiger partial charge in [0, 0.05) is 32.2 Å². The minimum atomic E-state index is -0.207. The molecule has 2 N–H and O–H groups in total. The van der Waals surface area contributed by atoms with Crippen LogP contribution < -0.4 is 10.6 Å². The molecule has 2 unspecified atom stereocenters. The van der Waals surface area contributed by atoms with E-state index in [-0.39, 0.29) is 11.9 Å². The quantitative estimate of drug-likeness (QED) is 0.709. The minimum Gasteiger partial charge on any atom is -0.379 e. The summed E-state index contributed by atoms with van der Waals surface area (Å²) in [5, 5.41) is 6.25. The lowest BCUT2D eigenvalue weighted by molar-refractivity contribution is -0.126. The molecule has 0 aromatic rings. The zero-order chi connectivity index (χ0) is 14.4. The van der Waals surface area contributed by atoms with Gasteiger partial charge in [-0.15, -0.1) is 0 Å². The first kappa shape index (κ1) is 15.7. The molecule has 116 valence electrons. The summed E-state index contributed by atoms with van der Waals surface area (Å²) in [4.78, 5) is 14.5. The lowest BCUT2D eigenvalue weighted by Gasteiger charge is -2.37. The van der Waals surface area contributed by atoms with Gasteiger partial charge in [-0.1, -0.05) is 13.8 Å². The first-order valence-electron chi connectivity index (χ1n) is 7.59. The predicted molar refractivity (Wildman–Crippen MR) is 76.6 cm³/mol. The number of carbonyl (C=O) groups excluding carboxylic acids is 1. The van der Waals surface area contributed by atoms with Crippen molar-refractivity contribution in [2.75, 3.05) is 52.6 Å². The summed E-state index contributed by atoms with van der Waals surface area (Å²) >= 11 is 0. The van der Waals surface area contributed by atoms with Crippen molar-refractivity contribution in [3.8, 4) is 0 Å². The van der Waals surface area contributed by atoms with Gasteiger partial charge in [0.05, 0.1) is 26.4 Å². The van der Waals surface area contributed by atoms with E-state index in [0.29, 0.717) is 31.7 Å². The average molecular weight is 285 g/mol. The maximum atomic E-state index is 12.1. The molecule has 0 bridgehead atoms. The van der Waals surface area contributed by atoms with Crippen LogP contribution in [-0.4, -0.2) is 75.5 Å². The number of carbonyl (C=O) groups is 1. The van der Waals surface area contributed by atoms with Gasteiger partial charge >= 0.3 is 0 Å². The third-order valence-corrected chi connectivity index (χ3v) is 4.01. The zero-order valence-corrected chi connectivity index (χ0v) is 12.6. The summed E-state index contributed by atoms with van der Waals surface area (Å²) in [5.74, 6) is 0.549. The van der Waals surface area contributed by atoms with E-state index >= 15 is 0 Å². The summed E-state index contributed by atoms with van der Waals surface area (Å²) < 4.78 is 10.7. The molecule has 2 atom stereocenters. The molecule has 0 spiro atoms. The predicted octanol–water partition coefficient (Wildman–Crippen LogP) is -0.552. The second kappa shape index (κ2) is 7.93. The number of rotatable bonds is 5. The lowest BCUT2D eigenvalue weighted by atomic mass is 10.0. The van der Waals surface area contributed by atoms with E-state index in [1.54, 1.807) is 0 Å². The molecule has 0 aliphatic carbocycles. The Morgan fingerprint density at radius 1 is 1.30 bits per heavy atom. The number of nitrogens with one attached hydrogen (secondary N) is 2. The van der Waals surface area contributed by atoms with Crippen molar-refractivity contribution >= 4 is 5.91 Å². The fourth-order valence-corrected chi connectivity index (χ4v) is 2.76. The van der Waals surface area contributed by atoms with Crippen molar-refractivity contribution < 1.29 is 14.3 Å². The van der Waals surface area contributed by atoms with Gasteiger partial charge in [-0.2, -0.15) is 0 Å². The van der Waals surface area contributed by atoms with E-state index in [9.17, 15) is 4.79 Å². The van der Waals surface area contributed by atoms with Gasteiger partial charge in [0.25, 0.3) is 0 Å². The molecule has 0 aromatic heterocycles. The molecule has 6 heteroatoms. The van der Waals surface area contributed by atoms with E-state index in [1.807, 2.05) is 0 Å². The zero-order valence-electron chi connectivity index (χ0n) is 12.6. The molecule has 0 saturated carbocycles. The fourth-order valence-electron chi connectivity index (χ4n) is 2.76. The van der Waals surface area contributed by atoms with Gasteiger partial charge in [0.15, 0.2) is 0 Å². The Bertz CT molecular complexity index is 300. The summed E-state index contributed by atoms with van der Waals surface area (Å²) in [7, 11) is 0. The van der Waals surface area contributed by atoms with Crippen molar-refractivity contribution in [1.29, 1.82) is 0 Å². The van der Waals surface area contributed by atoms with Crippen LogP contribution in [0.4, 0.5) is 0 Å². The number of amides is 1. The molecule has 2 saturated heterocycles. The Morgan fingerprint density at radius 3 is 2.65 bits per heavy atom. The van der Waals surface area contributed by atoms with Crippen LogP contribution in [0.15, 0.2) is 0 Å². The molecule has 2 aliphatic heterocycles. The lowest BCUT2D eigenvalue weighted by Crippen LogP contribution is -2.55. The van der Waals surface area contributed by atoms with Gasteiger partial charge in [-0.25, -0.2) is 0 Å². The number of nitrogens with zero attached hydrogens (tertiary/aromatic N) is 1.